The van der Waals surface area contributed by atoms with E-state index in [-0.39, 0.29) is 29.7 Å². The summed E-state index contributed by atoms with van der Waals surface area (Å²) >= 11 is 1.84. The van der Waals surface area contributed by atoms with Gasteiger partial charge in [0.2, 0.25) is 0 Å². The third-order valence-electron chi connectivity index (χ3n) is 4.25. The van der Waals surface area contributed by atoms with E-state index in [1.165, 1.54) is 4.90 Å². The first-order valence-electron chi connectivity index (χ1n) is 8.79. The molecule has 2 rings (SSSR count). The van der Waals surface area contributed by atoms with Crippen molar-refractivity contribution in [1.29, 1.82) is 0 Å². The van der Waals surface area contributed by atoms with Crippen molar-refractivity contribution in [3.63, 3.8) is 0 Å². The smallest absolute Gasteiger partial charge is 0.193 e. The van der Waals surface area contributed by atoms with Crippen LogP contribution in [0.25, 0.3) is 0 Å². The summed E-state index contributed by atoms with van der Waals surface area (Å²) in [5, 5.41) is 3.30. The lowest BCUT2D eigenvalue weighted by Gasteiger charge is -2.39. The quantitative estimate of drug-likeness (QED) is 0.209. The average Bonchev–Trinajstić information content (AvgIpc) is 2.57. The maximum Gasteiger partial charge on any atom is 0.193 e. The first kappa shape index (κ1) is 23.6. The molecule has 1 fully saturated rings. The molecule has 0 atom stereocenters. The Morgan fingerprint density at radius 1 is 1.31 bits per heavy atom. The number of nitrogens with one attached hydrogen (secondary N) is 1. The van der Waals surface area contributed by atoms with E-state index >= 15 is 0 Å². The van der Waals surface area contributed by atoms with E-state index < -0.39 is 14.6 Å². The second kappa shape index (κ2) is 10.8. The normalized spacial score (nSPS) is 18.9. The zero-order valence-corrected chi connectivity index (χ0v) is 19.7. The Kier molecular flexibility index (Phi) is 9.74. The number of thioether (sulfide) groups is 1. The van der Waals surface area contributed by atoms with Crippen LogP contribution in [0.5, 0.6) is 0 Å². The maximum atomic E-state index is 12.2. The van der Waals surface area contributed by atoms with Crippen molar-refractivity contribution in [2.45, 2.75) is 36.8 Å². The SMILES string of the molecule is CCNC(=NCCCSc1ccccc1)N1CCS(=O)(=O)C(C)(C)C1.I. The van der Waals surface area contributed by atoms with Gasteiger partial charge in [0.05, 0.1) is 10.5 Å². The minimum absolute atomic E-state index is 0. The Labute approximate surface area is 179 Å². The van der Waals surface area contributed by atoms with E-state index in [1.54, 1.807) is 13.8 Å². The summed E-state index contributed by atoms with van der Waals surface area (Å²) in [6.07, 6.45) is 0.990. The van der Waals surface area contributed by atoms with E-state index in [9.17, 15) is 8.42 Å². The van der Waals surface area contributed by atoms with Crippen LogP contribution in [0, 0.1) is 0 Å². The summed E-state index contributed by atoms with van der Waals surface area (Å²) in [6, 6.07) is 10.4. The zero-order valence-electron chi connectivity index (χ0n) is 15.8. The van der Waals surface area contributed by atoms with Crippen molar-refractivity contribution >= 4 is 51.5 Å². The highest BCUT2D eigenvalue weighted by molar-refractivity contribution is 14.0. The van der Waals surface area contributed by atoms with E-state index in [2.05, 4.69) is 34.5 Å². The largest absolute Gasteiger partial charge is 0.357 e. The standard InChI is InChI=1S/C18H29N3O2S2.HI/c1-4-19-17(21-12-14-25(22,23)18(2,3)15-21)20-11-8-13-24-16-9-6-5-7-10-16;/h5-7,9-10H,4,8,11-15H2,1-3H3,(H,19,20);1H. The second-order valence-electron chi connectivity index (χ2n) is 6.75. The van der Waals surface area contributed by atoms with Crippen LogP contribution in [0.2, 0.25) is 0 Å². The number of sulfone groups is 1. The molecule has 0 saturated carbocycles. The lowest BCUT2D eigenvalue weighted by Crippen LogP contribution is -2.57. The zero-order chi connectivity index (χ0) is 18.3. The Balaban J connectivity index is 0.00000338. The lowest BCUT2D eigenvalue weighted by atomic mass is 10.2. The van der Waals surface area contributed by atoms with Crippen LogP contribution in [0.4, 0.5) is 0 Å². The molecule has 5 nitrogen and oxygen atoms in total. The Morgan fingerprint density at radius 3 is 2.62 bits per heavy atom. The van der Waals surface area contributed by atoms with Gasteiger partial charge in [0.15, 0.2) is 15.8 Å². The second-order valence-corrected chi connectivity index (χ2v) is 10.7. The number of hydrogen-bond donors (Lipinski definition) is 1. The Morgan fingerprint density at radius 2 is 2.00 bits per heavy atom. The van der Waals surface area contributed by atoms with Crippen molar-refractivity contribution in [3.05, 3.63) is 30.3 Å². The Hall–Kier alpha value is -0.480. The Bertz CT molecular complexity index is 679. The van der Waals surface area contributed by atoms with Crippen LogP contribution >= 0.6 is 35.7 Å². The molecule has 1 aliphatic rings. The van der Waals surface area contributed by atoms with Gasteiger partial charge in [0.25, 0.3) is 0 Å². The summed E-state index contributed by atoms with van der Waals surface area (Å²) in [5.41, 5.74) is 0. The third kappa shape index (κ3) is 6.60. The van der Waals surface area contributed by atoms with Gasteiger partial charge in [0, 0.05) is 31.1 Å². The van der Waals surface area contributed by atoms with E-state index in [0.717, 1.165) is 31.2 Å². The molecule has 1 saturated heterocycles. The van der Waals surface area contributed by atoms with Gasteiger partial charge < -0.3 is 10.2 Å². The van der Waals surface area contributed by atoms with Crippen LogP contribution < -0.4 is 5.32 Å². The molecule has 26 heavy (non-hydrogen) atoms. The topological polar surface area (TPSA) is 61.8 Å². The molecule has 148 valence electrons. The van der Waals surface area contributed by atoms with Crippen molar-refractivity contribution in [1.82, 2.24) is 10.2 Å². The fraction of sp³-hybridized carbons (Fsp3) is 0.611. The fourth-order valence-corrected chi connectivity index (χ4v) is 4.93. The highest BCUT2D eigenvalue weighted by Gasteiger charge is 2.40. The number of nitrogens with zero attached hydrogens (tertiary/aromatic N) is 2. The van der Waals surface area contributed by atoms with E-state index in [1.807, 2.05) is 24.8 Å². The number of rotatable bonds is 6. The summed E-state index contributed by atoms with van der Waals surface area (Å²) in [4.78, 5) is 8.06. The summed E-state index contributed by atoms with van der Waals surface area (Å²) < 4.78 is 23.6. The summed E-state index contributed by atoms with van der Waals surface area (Å²) in [6.45, 7) is 8.15. The molecule has 0 amide bonds. The van der Waals surface area contributed by atoms with Crippen molar-refractivity contribution in [2.75, 3.05) is 37.7 Å². The van der Waals surface area contributed by atoms with Crippen LogP contribution in [0.15, 0.2) is 40.2 Å². The molecule has 1 aromatic carbocycles. The van der Waals surface area contributed by atoms with Gasteiger partial charge in [-0.3, -0.25) is 4.99 Å². The van der Waals surface area contributed by atoms with Crippen LogP contribution in [0.3, 0.4) is 0 Å². The summed E-state index contributed by atoms with van der Waals surface area (Å²) in [7, 11) is -3.03. The highest BCUT2D eigenvalue weighted by Crippen LogP contribution is 2.23. The first-order valence-corrected chi connectivity index (χ1v) is 11.4. The van der Waals surface area contributed by atoms with Crippen LogP contribution in [-0.4, -0.2) is 61.7 Å². The number of guanidine groups is 1. The van der Waals surface area contributed by atoms with Gasteiger partial charge in [-0.15, -0.1) is 35.7 Å². The molecule has 0 bridgehead atoms. The summed E-state index contributed by atoms with van der Waals surface area (Å²) in [5.74, 6) is 2.04. The average molecular weight is 511 g/mol. The minimum Gasteiger partial charge on any atom is -0.357 e. The molecule has 0 unspecified atom stereocenters. The monoisotopic (exact) mass is 511 g/mol. The molecule has 8 heteroatoms. The number of aliphatic imine (C=N–C) groups is 1. The molecule has 1 aromatic rings. The van der Waals surface area contributed by atoms with Crippen molar-refractivity contribution in [3.8, 4) is 0 Å². The molecule has 1 N–H and O–H groups in total. The van der Waals surface area contributed by atoms with Crippen molar-refractivity contribution in [2.24, 2.45) is 4.99 Å². The molecule has 0 aromatic heterocycles. The molecule has 0 aliphatic carbocycles. The lowest BCUT2D eigenvalue weighted by molar-refractivity contribution is 0.353. The van der Waals surface area contributed by atoms with Gasteiger partial charge in [-0.2, -0.15) is 0 Å². The van der Waals surface area contributed by atoms with Gasteiger partial charge in [-0.1, -0.05) is 18.2 Å². The molecular weight excluding hydrogens is 481 g/mol. The highest BCUT2D eigenvalue weighted by atomic mass is 127. The van der Waals surface area contributed by atoms with Crippen molar-refractivity contribution < 1.29 is 8.42 Å². The third-order valence-corrected chi connectivity index (χ3v) is 7.89. The van der Waals surface area contributed by atoms with Gasteiger partial charge >= 0.3 is 0 Å². The molecule has 1 heterocycles. The first-order chi connectivity index (χ1) is 11.9. The molecule has 1 aliphatic heterocycles. The van der Waals surface area contributed by atoms with Gasteiger partial charge in [-0.25, -0.2) is 8.42 Å². The predicted octanol–water partition coefficient (Wildman–Crippen LogP) is 3.26. The number of hydrogen-bond acceptors (Lipinski definition) is 4. The van der Waals surface area contributed by atoms with E-state index in [0.29, 0.717) is 13.1 Å². The van der Waals surface area contributed by atoms with Crippen LogP contribution in [0.1, 0.15) is 27.2 Å². The number of halogens is 1. The fourth-order valence-electron chi connectivity index (χ4n) is 2.71. The minimum atomic E-state index is -3.03. The van der Waals surface area contributed by atoms with E-state index in [4.69, 9.17) is 4.99 Å². The number of benzene rings is 1. The molecule has 0 radical (unpaired) electrons. The molecule has 0 spiro atoms. The molecular formula is C18H30IN3O2S2. The van der Waals surface area contributed by atoms with Gasteiger partial charge in [0.1, 0.15) is 0 Å². The predicted molar refractivity (Wildman–Crippen MR) is 123 cm³/mol. The maximum absolute atomic E-state index is 12.2. The van der Waals surface area contributed by atoms with Gasteiger partial charge in [-0.05, 0) is 45.1 Å². The van der Waals surface area contributed by atoms with Crippen LogP contribution in [-0.2, 0) is 9.84 Å².